The minimum atomic E-state index is -3.30. The Labute approximate surface area is 128 Å². The second kappa shape index (κ2) is 6.32. The van der Waals surface area contributed by atoms with E-state index in [1.54, 1.807) is 16.4 Å². The summed E-state index contributed by atoms with van der Waals surface area (Å²) in [7, 11) is -3.30. The Bertz CT molecular complexity index is 496. The van der Waals surface area contributed by atoms with Crippen LogP contribution < -0.4 is 0 Å². The predicted molar refractivity (Wildman–Crippen MR) is 81.0 cm³/mol. The molecule has 8 heteroatoms. The van der Waals surface area contributed by atoms with E-state index >= 15 is 0 Å². The molecule has 4 nitrogen and oxygen atoms in total. The van der Waals surface area contributed by atoms with Crippen molar-refractivity contribution in [1.29, 1.82) is 0 Å². The van der Waals surface area contributed by atoms with Crippen LogP contribution in [0.1, 0.15) is 0 Å². The highest BCUT2D eigenvalue weighted by Crippen LogP contribution is 2.28. The normalized spacial score (nSPS) is 19.2. The van der Waals surface area contributed by atoms with E-state index in [4.69, 9.17) is 0 Å². The van der Waals surface area contributed by atoms with E-state index in [-0.39, 0.29) is 0 Å². The highest BCUT2D eigenvalue weighted by molar-refractivity contribution is 9.11. The maximum absolute atomic E-state index is 12.4. The summed E-state index contributed by atoms with van der Waals surface area (Å²) in [5.41, 5.74) is 0. The molecule has 1 aromatic rings. The molecule has 0 bridgehead atoms. The molecule has 1 aliphatic heterocycles. The van der Waals surface area contributed by atoms with Crippen molar-refractivity contribution in [2.24, 2.45) is 0 Å². The van der Waals surface area contributed by atoms with Crippen LogP contribution in [0.3, 0.4) is 0 Å². The van der Waals surface area contributed by atoms with Gasteiger partial charge in [-0.1, -0.05) is 15.9 Å². The molecule has 0 saturated carbocycles. The van der Waals surface area contributed by atoms with E-state index in [9.17, 15) is 8.42 Å². The van der Waals surface area contributed by atoms with E-state index in [1.165, 1.54) is 11.3 Å². The van der Waals surface area contributed by atoms with Gasteiger partial charge < -0.3 is 0 Å². The smallest absolute Gasteiger partial charge is 0.252 e. The first kappa shape index (κ1) is 14.9. The molecule has 1 aromatic heterocycles. The van der Waals surface area contributed by atoms with Crippen LogP contribution in [0.2, 0.25) is 0 Å². The summed E-state index contributed by atoms with van der Waals surface area (Å²) in [4.78, 5) is 2.27. The number of rotatable bonds is 4. The number of sulfonamides is 1. The van der Waals surface area contributed by atoms with Gasteiger partial charge in [0.25, 0.3) is 10.0 Å². The van der Waals surface area contributed by atoms with Crippen molar-refractivity contribution in [3.63, 3.8) is 0 Å². The van der Waals surface area contributed by atoms with Crippen molar-refractivity contribution >= 4 is 53.2 Å². The van der Waals surface area contributed by atoms with Crippen LogP contribution in [0.25, 0.3) is 0 Å². The minimum Gasteiger partial charge on any atom is -0.300 e. The zero-order valence-electron chi connectivity index (χ0n) is 9.68. The van der Waals surface area contributed by atoms with Crippen molar-refractivity contribution in [1.82, 2.24) is 9.21 Å². The second-order valence-corrected chi connectivity index (χ2v) is 9.41. The van der Waals surface area contributed by atoms with Gasteiger partial charge in [-0.15, -0.1) is 11.3 Å². The van der Waals surface area contributed by atoms with Crippen LogP contribution in [-0.4, -0.2) is 55.7 Å². The lowest BCUT2D eigenvalue weighted by Gasteiger charge is -2.33. The second-order valence-electron chi connectivity index (χ2n) is 3.99. The van der Waals surface area contributed by atoms with Crippen LogP contribution in [0.5, 0.6) is 0 Å². The molecule has 2 rings (SSSR count). The van der Waals surface area contributed by atoms with Crippen molar-refractivity contribution < 1.29 is 8.42 Å². The molecule has 0 aliphatic carbocycles. The Morgan fingerprint density at radius 3 is 2.39 bits per heavy atom. The quantitative estimate of drug-likeness (QED) is 0.705. The first-order chi connectivity index (χ1) is 8.54. The third-order valence-corrected chi connectivity index (χ3v) is 7.22. The zero-order chi connectivity index (χ0) is 13.2. The van der Waals surface area contributed by atoms with Gasteiger partial charge in [-0.25, -0.2) is 8.42 Å². The summed E-state index contributed by atoms with van der Waals surface area (Å²) in [5.74, 6) is 0. The molecule has 18 heavy (non-hydrogen) atoms. The Morgan fingerprint density at radius 1 is 1.22 bits per heavy atom. The zero-order valence-corrected chi connectivity index (χ0v) is 14.5. The molecule has 0 N–H and O–H groups in total. The van der Waals surface area contributed by atoms with Gasteiger partial charge in [-0.2, -0.15) is 4.31 Å². The molecule has 0 unspecified atom stereocenters. The van der Waals surface area contributed by atoms with E-state index in [1.807, 2.05) is 0 Å². The summed E-state index contributed by atoms with van der Waals surface area (Å²) in [6, 6.07) is 3.44. The van der Waals surface area contributed by atoms with Gasteiger partial charge in [0.05, 0.1) is 3.79 Å². The van der Waals surface area contributed by atoms with Gasteiger partial charge in [-0.3, -0.25) is 4.90 Å². The third-order valence-electron chi connectivity index (χ3n) is 2.87. The molecule has 0 radical (unpaired) electrons. The first-order valence-electron chi connectivity index (χ1n) is 5.58. The first-order valence-corrected chi connectivity index (χ1v) is 9.75. The van der Waals surface area contributed by atoms with Crippen molar-refractivity contribution in [3.05, 3.63) is 15.9 Å². The maximum atomic E-state index is 12.4. The number of piperazine rings is 1. The molecule has 2 heterocycles. The van der Waals surface area contributed by atoms with Gasteiger partial charge in [0.2, 0.25) is 0 Å². The number of alkyl halides is 1. The van der Waals surface area contributed by atoms with E-state index < -0.39 is 10.0 Å². The molecule has 1 fully saturated rings. The van der Waals surface area contributed by atoms with Gasteiger partial charge >= 0.3 is 0 Å². The summed E-state index contributed by atoms with van der Waals surface area (Å²) in [5, 5.41) is 0.928. The van der Waals surface area contributed by atoms with Crippen LogP contribution in [0, 0.1) is 0 Å². The van der Waals surface area contributed by atoms with Gasteiger partial charge in [-0.05, 0) is 28.1 Å². The highest BCUT2D eigenvalue weighted by atomic mass is 79.9. The number of halogens is 2. The lowest BCUT2D eigenvalue weighted by Crippen LogP contribution is -2.48. The Kier molecular flexibility index (Phi) is 5.24. The monoisotopic (exact) mass is 416 g/mol. The average molecular weight is 418 g/mol. The largest absolute Gasteiger partial charge is 0.300 e. The topological polar surface area (TPSA) is 40.6 Å². The van der Waals surface area contributed by atoms with E-state index in [0.29, 0.717) is 17.3 Å². The fraction of sp³-hybridized carbons (Fsp3) is 0.600. The number of nitrogens with zero attached hydrogens (tertiary/aromatic N) is 2. The molecular formula is C10H14Br2N2O2S2. The molecule has 0 aromatic carbocycles. The molecule has 1 aliphatic rings. The summed E-state index contributed by atoms with van der Waals surface area (Å²) < 4.78 is 27.6. The standard InChI is InChI=1S/C10H14Br2N2O2S2/c11-3-4-13-5-7-14(8-6-13)18(15,16)10-2-1-9(12)17-10/h1-2H,3-8H2. The highest BCUT2D eigenvalue weighted by Gasteiger charge is 2.29. The predicted octanol–water partition coefficient (Wildman–Crippen LogP) is 2.21. The molecular weight excluding hydrogens is 404 g/mol. The van der Waals surface area contributed by atoms with Crippen molar-refractivity contribution in [3.8, 4) is 0 Å². The molecule has 0 amide bonds. The van der Waals surface area contributed by atoms with E-state index in [2.05, 4.69) is 36.8 Å². The SMILES string of the molecule is O=S(=O)(c1ccc(Br)s1)N1CCN(CCBr)CC1. The van der Waals surface area contributed by atoms with Gasteiger partial charge in [0.1, 0.15) is 4.21 Å². The summed E-state index contributed by atoms with van der Waals surface area (Å²) in [6.07, 6.45) is 0. The molecule has 0 spiro atoms. The fourth-order valence-corrected chi connectivity index (χ4v) is 5.96. The Morgan fingerprint density at radius 2 is 1.89 bits per heavy atom. The summed E-state index contributed by atoms with van der Waals surface area (Å²) in [6.45, 7) is 3.73. The molecule has 0 atom stereocenters. The number of thiophene rings is 1. The number of hydrogen-bond donors (Lipinski definition) is 0. The fourth-order valence-electron chi connectivity index (χ4n) is 1.88. The molecule has 102 valence electrons. The van der Waals surface area contributed by atoms with E-state index in [0.717, 1.165) is 28.8 Å². The van der Waals surface area contributed by atoms with Crippen LogP contribution >= 0.6 is 43.2 Å². The van der Waals surface area contributed by atoms with Crippen LogP contribution in [-0.2, 0) is 10.0 Å². The lowest BCUT2D eigenvalue weighted by molar-refractivity contribution is 0.198. The van der Waals surface area contributed by atoms with Crippen molar-refractivity contribution in [2.75, 3.05) is 38.1 Å². The average Bonchev–Trinajstić information content (AvgIpc) is 2.78. The Hall–Kier alpha value is 0.530. The van der Waals surface area contributed by atoms with Crippen LogP contribution in [0.15, 0.2) is 20.1 Å². The minimum absolute atomic E-state index is 0.420. The summed E-state index contributed by atoms with van der Waals surface area (Å²) >= 11 is 7.97. The maximum Gasteiger partial charge on any atom is 0.252 e. The van der Waals surface area contributed by atoms with Crippen LogP contribution in [0.4, 0.5) is 0 Å². The van der Waals surface area contributed by atoms with Gasteiger partial charge in [0.15, 0.2) is 0 Å². The van der Waals surface area contributed by atoms with Gasteiger partial charge in [0, 0.05) is 38.1 Å². The number of hydrogen-bond acceptors (Lipinski definition) is 4. The lowest BCUT2D eigenvalue weighted by atomic mass is 10.4. The molecule has 1 saturated heterocycles. The Balaban J connectivity index is 2.05. The third kappa shape index (κ3) is 3.34. The van der Waals surface area contributed by atoms with Crippen molar-refractivity contribution in [2.45, 2.75) is 4.21 Å².